The van der Waals surface area contributed by atoms with Gasteiger partial charge in [0.15, 0.2) is 5.78 Å². The molecule has 4 heteroatoms. The van der Waals surface area contributed by atoms with Crippen LogP contribution in [0.15, 0.2) is 42.5 Å². The molecule has 0 aliphatic rings. The molecule has 0 heterocycles. The van der Waals surface area contributed by atoms with Crippen molar-refractivity contribution in [3.8, 4) is 0 Å². The van der Waals surface area contributed by atoms with Gasteiger partial charge in [0.2, 0.25) is 0 Å². The van der Waals surface area contributed by atoms with E-state index in [0.29, 0.717) is 12.9 Å². The summed E-state index contributed by atoms with van der Waals surface area (Å²) in [6, 6.07) is 9.08. The molecule has 4 nitrogen and oxygen atoms in total. The number of aliphatic hydroxyl groups is 1. The summed E-state index contributed by atoms with van der Waals surface area (Å²) in [5.74, 6) is -0.671. The van der Waals surface area contributed by atoms with Crippen molar-refractivity contribution >= 4 is 12.3 Å². The summed E-state index contributed by atoms with van der Waals surface area (Å²) in [5.41, 5.74) is 0.722. The fraction of sp³-hybridized carbons (Fsp3) is 0.375. The number of benzene rings is 1. The molecular weight excluding hydrogens is 256 g/mol. The number of ether oxygens (including phenoxy) is 1. The molecular formula is C16H20O4. The minimum Gasteiger partial charge on any atom is -0.465 e. The first-order chi connectivity index (χ1) is 9.56. The molecule has 0 aliphatic heterocycles. The van der Waals surface area contributed by atoms with Crippen LogP contribution in [0.3, 0.4) is 0 Å². The van der Waals surface area contributed by atoms with Gasteiger partial charge in [0.25, 0.3) is 6.47 Å². The van der Waals surface area contributed by atoms with E-state index in [1.54, 1.807) is 32.1 Å². The first-order valence-electron chi connectivity index (χ1n) is 6.58. The van der Waals surface area contributed by atoms with E-state index in [-0.39, 0.29) is 11.9 Å². The van der Waals surface area contributed by atoms with Crippen molar-refractivity contribution in [3.05, 3.63) is 48.0 Å². The van der Waals surface area contributed by atoms with Crippen molar-refractivity contribution in [2.75, 3.05) is 0 Å². The molecule has 1 aromatic rings. The maximum absolute atomic E-state index is 11.9. The van der Waals surface area contributed by atoms with E-state index in [1.807, 2.05) is 18.2 Å². The minimum absolute atomic E-state index is 0.153. The SMILES string of the molecule is C[C@H](C(=O)/C=C/C[C@H](C)OC=O)[C@@H](O)c1ccccc1. The molecule has 0 aromatic heterocycles. The van der Waals surface area contributed by atoms with Crippen molar-refractivity contribution in [2.45, 2.75) is 32.5 Å². The van der Waals surface area contributed by atoms with Gasteiger partial charge < -0.3 is 9.84 Å². The molecule has 1 aromatic carbocycles. The highest BCUT2D eigenvalue weighted by Crippen LogP contribution is 2.22. The molecule has 3 atom stereocenters. The summed E-state index contributed by atoms with van der Waals surface area (Å²) in [6.45, 7) is 3.82. The van der Waals surface area contributed by atoms with Gasteiger partial charge in [-0.05, 0) is 18.6 Å². The first-order valence-corrected chi connectivity index (χ1v) is 6.58. The lowest BCUT2D eigenvalue weighted by Crippen LogP contribution is -2.17. The summed E-state index contributed by atoms with van der Waals surface area (Å²) in [7, 11) is 0. The maximum atomic E-state index is 11.9. The molecule has 0 aliphatic carbocycles. The topological polar surface area (TPSA) is 63.6 Å². The standard InChI is InChI=1S/C16H20O4/c1-12(20-11-17)7-6-10-15(18)13(2)16(19)14-8-4-3-5-9-14/h3-6,8-13,16,19H,7H2,1-2H3/b10-6+/t12-,13+,16+/m0/s1. The largest absolute Gasteiger partial charge is 0.465 e. The molecule has 0 amide bonds. The summed E-state index contributed by atoms with van der Waals surface area (Å²) in [5, 5.41) is 10.1. The van der Waals surface area contributed by atoms with Gasteiger partial charge in [0.1, 0.15) is 6.10 Å². The van der Waals surface area contributed by atoms with Crippen LogP contribution in [-0.2, 0) is 14.3 Å². The van der Waals surface area contributed by atoms with Gasteiger partial charge in [-0.2, -0.15) is 0 Å². The van der Waals surface area contributed by atoms with Crippen molar-refractivity contribution in [2.24, 2.45) is 5.92 Å². The normalized spacial score (nSPS) is 15.6. The lowest BCUT2D eigenvalue weighted by atomic mass is 9.93. The predicted molar refractivity (Wildman–Crippen MR) is 75.9 cm³/mol. The van der Waals surface area contributed by atoms with Crippen molar-refractivity contribution in [3.63, 3.8) is 0 Å². The van der Waals surface area contributed by atoms with E-state index >= 15 is 0 Å². The van der Waals surface area contributed by atoms with Crippen LogP contribution < -0.4 is 0 Å². The molecule has 1 rings (SSSR count). The summed E-state index contributed by atoms with van der Waals surface area (Å²) >= 11 is 0. The van der Waals surface area contributed by atoms with Gasteiger partial charge in [0, 0.05) is 12.3 Å². The number of carbonyl (C=O) groups excluding carboxylic acids is 2. The second-order valence-corrected chi connectivity index (χ2v) is 4.73. The van der Waals surface area contributed by atoms with Gasteiger partial charge >= 0.3 is 0 Å². The average molecular weight is 276 g/mol. The Morgan fingerprint density at radius 1 is 1.30 bits per heavy atom. The summed E-state index contributed by atoms with van der Waals surface area (Å²) in [4.78, 5) is 22.1. The third-order valence-electron chi connectivity index (χ3n) is 3.10. The number of allylic oxidation sites excluding steroid dienone is 1. The number of hydrogen-bond donors (Lipinski definition) is 1. The zero-order chi connectivity index (χ0) is 15.0. The van der Waals surface area contributed by atoms with E-state index < -0.39 is 12.0 Å². The van der Waals surface area contributed by atoms with E-state index in [0.717, 1.165) is 5.56 Å². The van der Waals surface area contributed by atoms with Crippen LogP contribution in [0.2, 0.25) is 0 Å². The Morgan fingerprint density at radius 2 is 1.95 bits per heavy atom. The number of aliphatic hydroxyl groups excluding tert-OH is 1. The zero-order valence-corrected chi connectivity index (χ0v) is 11.7. The van der Waals surface area contributed by atoms with Crippen LogP contribution in [0.25, 0.3) is 0 Å². The number of hydrogen-bond acceptors (Lipinski definition) is 4. The Kier molecular flexibility index (Phi) is 6.67. The molecule has 0 saturated heterocycles. The van der Waals surface area contributed by atoms with Gasteiger partial charge in [-0.1, -0.05) is 43.3 Å². The maximum Gasteiger partial charge on any atom is 0.293 e. The molecule has 0 fully saturated rings. The van der Waals surface area contributed by atoms with Gasteiger partial charge in [-0.25, -0.2) is 0 Å². The number of ketones is 1. The van der Waals surface area contributed by atoms with Crippen molar-refractivity contribution < 1.29 is 19.4 Å². The Balaban J connectivity index is 2.54. The quantitative estimate of drug-likeness (QED) is 0.585. The van der Waals surface area contributed by atoms with E-state index in [9.17, 15) is 14.7 Å². The Labute approximate surface area is 119 Å². The molecule has 0 saturated carbocycles. The molecule has 0 spiro atoms. The fourth-order valence-corrected chi connectivity index (χ4v) is 1.77. The highest BCUT2D eigenvalue weighted by Gasteiger charge is 2.21. The Bertz CT molecular complexity index is 453. The van der Waals surface area contributed by atoms with Crippen molar-refractivity contribution in [1.29, 1.82) is 0 Å². The van der Waals surface area contributed by atoms with Crippen LogP contribution in [0.5, 0.6) is 0 Å². The van der Waals surface area contributed by atoms with Crippen LogP contribution in [0.4, 0.5) is 0 Å². The molecule has 0 radical (unpaired) electrons. The minimum atomic E-state index is -0.822. The Hall–Kier alpha value is -1.94. The second kappa shape index (κ2) is 8.27. The zero-order valence-electron chi connectivity index (χ0n) is 11.7. The van der Waals surface area contributed by atoms with E-state index in [2.05, 4.69) is 0 Å². The van der Waals surface area contributed by atoms with Gasteiger partial charge in [0.05, 0.1) is 6.10 Å². The smallest absolute Gasteiger partial charge is 0.293 e. The molecule has 0 unspecified atom stereocenters. The number of carbonyl (C=O) groups is 2. The average Bonchev–Trinajstić information content (AvgIpc) is 2.46. The van der Waals surface area contributed by atoms with Crippen LogP contribution >= 0.6 is 0 Å². The monoisotopic (exact) mass is 276 g/mol. The first kappa shape index (κ1) is 16.1. The summed E-state index contributed by atoms with van der Waals surface area (Å²) < 4.78 is 4.71. The molecule has 0 bridgehead atoms. The van der Waals surface area contributed by atoms with E-state index in [1.165, 1.54) is 6.08 Å². The second-order valence-electron chi connectivity index (χ2n) is 4.73. The Morgan fingerprint density at radius 3 is 2.55 bits per heavy atom. The molecule has 108 valence electrons. The lowest BCUT2D eigenvalue weighted by Gasteiger charge is -2.16. The number of rotatable bonds is 8. The predicted octanol–water partition coefficient (Wildman–Crippen LogP) is 2.43. The van der Waals surface area contributed by atoms with Crippen LogP contribution in [0, 0.1) is 5.92 Å². The van der Waals surface area contributed by atoms with Crippen molar-refractivity contribution in [1.82, 2.24) is 0 Å². The highest BCUT2D eigenvalue weighted by atomic mass is 16.5. The fourth-order valence-electron chi connectivity index (χ4n) is 1.77. The molecule has 20 heavy (non-hydrogen) atoms. The summed E-state index contributed by atoms with van der Waals surface area (Å²) in [6.07, 6.45) is 2.48. The highest BCUT2D eigenvalue weighted by molar-refractivity contribution is 5.91. The lowest BCUT2D eigenvalue weighted by molar-refractivity contribution is -0.132. The van der Waals surface area contributed by atoms with Crippen LogP contribution in [0.1, 0.15) is 31.9 Å². The van der Waals surface area contributed by atoms with Gasteiger partial charge in [-0.3, -0.25) is 9.59 Å². The third kappa shape index (κ3) is 4.97. The van der Waals surface area contributed by atoms with Gasteiger partial charge in [-0.15, -0.1) is 0 Å². The molecule has 1 N–H and O–H groups in total. The third-order valence-corrected chi connectivity index (χ3v) is 3.10. The van der Waals surface area contributed by atoms with E-state index in [4.69, 9.17) is 4.74 Å². The van der Waals surface area contributed by atoms with Crippen LogP contribution in [-0.4, -0.2) is 23.5 Å².